The van der Waals surface area contributed by atoms with Crippen molar-refractivity contribution in [2.24, 2.45) is 0 Å². The number of hydrogen-bond donors (Lipinski definition) is 1. The summed E-state index contributed by atoms with van der Waals surface area (Å²) < 4.78 is 5.80. The lowest BCUT2D eigenvalue weighted by atomic mass is 10.1. The van der Waals surface area contributed by atoms with E-state index in [4.69, 9.17) is 4.74 Å². The molecule has 0 aliphatic rings. The van der Waals surface area contributed by atoms with E-state index in [0.29, 0.717) is 17.9 Å². The molecule has 0 saturated heterocycles. The van der Waals surface area contributed by atoms with Crippen molar-refractivity contribution in [3.63, 3.8) is 0 Å². The third-order valence-corrected chi connectivity index (χ3v) is 4.31. The molecule has 0 unspecified atom stereocenters. The lowest BCUT2D eigenvalue weighted by molar-refractivity contribution is -0.145. The number of amides is 1. The van der Waals surface area contributed by atoms with Gasteiger partial charge in [-0.05, 0) is 24.5 Å². The van der Waals surface area contributed by atoms with E-state index in [1.807, 2.05) is 36.6 Å². The standard InChI is InChI=1S/C18H21N3O4S/c1-25-18(24)15(10-11-26-2)19-16(22)12-21-17(23)9-8-14(20-21)13-6-4-3-5-7-13/h3-9,15H,10-12H2,1-2H3,(H,19,22)/t15-/m0/s1. The van der Waals surface area contributed by atoms with Gasteiger partial charge in [0.05, 0.1) is 12.8 Å². The first-order valence-electron chi connectivity index (χ1n) is 8.05. The van der Waals surface area contributed by atoms with Gasteiger partial charge in [0.25, 0.3) is 5.56 Å². The van der Waals surface area contributed by atoms with Crippen molar-refractivity contribution >= 4 is 23.6 Å². The van der Waals surface area contributed by atoms with Crippen molar-refractivity contribution in [3.05, 3.63) is 52.8 Å². The van der Waals surface area contributed by atoms with Crippen molar-refractivity contribution in [2.75, 3.05) is 19.1 Å². The first-order valence-corrected chi connectivity index (χ1v) is 9.44. The van der Waals surface area contributed by atoms with Crippen LogP contribution in [0.1, 0.15) is 6.42 Å². The summed E-state index contributed by atoms with van der Waals surface area (Å²) in [6.45, 7) is -0.272. The summed E-state index contributed by atoms with van der Waals surface area (Å²) in [5, 5.41) is 6.85. The Kier molecular flexibility index (Phi) is 7.40. The van der Waals surface area contributed by atoms with Gasteiger partial charge in [0.1, 0.15) is 12.6 Å². The monoisotopic (exact) mass is 375 g/mol. The average molecular weight is 375 g/mol. The van der Waals surface area contributed by atoms with Gasteiger partial charge >= 0.3 is 5.97 Å². The minimum absolute atomic E-state index is 0.272. The van der Waals surface area contributed by atoms with Crippen molar-refractivity contribution in [1.82, 2.24) is 15.1 Å². The zero-order valence-electron chi connectivity index (χ0n) is 14.7. The molecule has 1 aromatic heterocycles. The molecule has 8 heteroatoms. The fraction of sp³-hybridized carbons (Fsp3) is 0.333. The highest BCUT2D eigenvalue weighted by molar-refractivity contribution is 7.98. The summed E-state index contributed by atoms with van der Waals surface area (Å²) >= 11 is 1.56. The van der Waals surface area contributed by atoms with Crippen LogP contribution in [0.2, 0.25) is 0 Å². The van der Waals surface area contributed by atoms with Crippen LogP contribution in [0, 0.1) is 0 Å². The summed E-state index contributed by atoms with van der Waals surface area (Å²) in [5.41, 5.74) is 1.04. The van der Waals surface area contributed by atoms with E-state index in [1.54, 1.807) is 17.8 Å². The Labute approximate surface area is 155 Å². The molecule has 1 aromatic carbocycles. The summed E-state index contributed by atoms with van der Waals surface area (Å²) in [5.74, 6) is -0.283. The maximum atomic E-state index is 12.3. The Bertz CT molecular complexity index is 808. The molecule has 0 radical (unpaired) electrons. The SMILES string of the molecule is COC(=O)[C@H](CCSC)NC(=O)Cn1nc(-c2ccccc2)ccc1=O. The van der Waals surface area contributed by atoms with E-state index < -0.39 is 23.5 Å². The van der Waals surface area contributed by atoms with Crippen LogP contribution in [0.4, 0.5) is 0 Å². The number of carbonyl (C=O) groups excluding carboxylic acids is 2. The molecule has 0 saturated carbocycles. The molecular weight excluding hydrogens is 354 g/mol. The van der Waals surface area contributed by atoms with Crippen molar-refractivity contribution in [2.45, 2.75) is 19.0 Å². The van der Waals surface area contributed by atoms with Gasteiger partial charge in [-0.3, -0.25) is 9.59 Å². The molecular formula is C18H21N3O4S. The van der Waals surface area contributed by atoms with E-state index in [1.165, 1.54) is 13.2 Å². The van der Waals surface area contributed by atoms with Crippen LogP contribution in [-0.2, 0) is 20.9 Å². The minimum Gasteiger partial charge on any atom is -0.467 e. The highest BCUT2D eigenvalue weighted by Gasteiger charge is 2.21. The molecule has 1 atom stereocenters. The van der Waals surface area contributed by atoms with Gasteiger partial charge in [-0.1, -0.05) is 30.3 Å². The third-order valence-electron chi connectivity index (χ3n) is 3.66. The molecule has 0 spiro atoms. The molecule has 0 aliphatic heterocycles. The number of rotatable bonds is 8. The predicted octanol–water partition coefficient (Wildman–Crippen LogP) is 1.32. The largest absolute Gasteiger partial charge is 0.467 e. The first-order chi connectivity index (χ1) is 12.5. The van der Waals surface area contributed by atoms with Crippen LogP contribution < -0.4 is 10.9 Å². The fourth-order valence-corrected chi connectivity index (χ4v) is 2.80. The normalized spacial score (nSPS) is 11.6. The molecule has 0 aliphatic carbocycles. The highest BCUT2D eigenvalue weighted by atomic mass is 32.2. The summed E-state index contributed by atoms with van der Waals surface area (Å²) in [7, 11) is 1.27. The van der Waals surface area contributed by atoms with Gasteiger partial charge < -0.3 is 10.1 Å². The van der Waals surface area contributed by atoms with Crippen LogP contribution in [0.25, 0.3) is 11.3 Å². The predicted molar refractivity (Wildman–Crippen MR) is 101 cm³/mol. The molecule has 1 heterocycles. The Balaban J connectivity index is 2.12. The van der Waals surface area contributed by atoms with Crippen molar-refractivity contribution in [3.8, 4) is 11.3 Å². The number of aromatic nitrogens is 2. The average Bonchev–Trinajstić information content (AvgIpc) is 2.66. The van der Waals surface area contributed by atoms with Gasteiger partial charge in [-0.2, -0.15) is 16.9 Å². The van der Waals surface area contributed by atoms with Crippen LogP contribution in [0.15, 0.2) is 47.3 Å². The summed E-state index contributed by atoms with van der Waals surface area (Å²) in [6.07, 6.45) is 2.36. The van der Waals surface area contributed by atoms with Crippen LogP contribution in [-0.4, -0.2) is 46.8 Å². The number of ether oxygens (including phenoxy) is 1. The highest BCUT2D eigenvalue weighted by Crippen LogP contribution is 2.13. The smallest absolute Gasteiger partial charge is 0.328 e. The summed E-state index contributed by atoms with van der Waals surface area (Å²) in [6, 6.07) is 11.6. The zero-order valence-corrected chi connectivity index (χ0v) is 15.5. The first kappa shape index (κ1) is 19.7. The second-order valence-electron chi connectivity index (χ2n) is 5.51. The number of esters is 1. The maximum Gasteiger partial charge on any atom is 0.328 e. The third kappa shape index (κ3) is 5.45. The van der Waals surface area contributed by atoms with Crippen molar-refractivity contribution in [1.29, 1.82) is 0 Å². The van der Waals surface area contributed by atoms with E-state index in [2.05, 4.69) is 10.4 Å². The zero-order chi connectivity index (χ0) is 18.9. The maximum absolute atomic E-state index is 12.3. The van der Waals surface area contributed by atoms with Gasteiger partial charge in [-0.25, -0.2) is 9.48 Å². The molecule has 138 valence electrons. The van der Waals surface area contributed by atoms with Gasteiger partial charge in [-0.15, -0.1) is 0 Å². The number of nitrogens with one attached hydrogen (secondary N) is 1. The lowest BCUT2D eigenvalue weighted by Crippen LogP contribution is -2.44. The Morgan fingerprint density at radius 1 is 1.23 bits per heavy atom. The lowest BCUT2D eigenvalue weighted by Gasteiger charge is -2.16. The number of thioether (sulfide) groups is 1. The molecule has 1 amide bonds. The number of hydrogen-bond acceptors (Lipinski definition) is 6. The van der Waals surface area contributed by atoms with Gasteiger partial charge in [0.2, 0.25) is 5.91 Å². The Morgan fingerprint density at radius 3 is 2.62 bits per heavy atom. The van der Waals surface area contributed by atoms with E-state index in [0.717, 1.165) is 10.2 Å². The fourth-order valence-electron chi connectivity index (χ4n) is 2.33. The number of benzene rings is 1. The van der Waals surface area contributed by atoms with Gasteiger partial charge in [0.15, 0.2) is 0 Å². The van der Waals surface area contributed by atoms with E-state index >= 15 is 0 Å². The molecule has 7 nitrogen and oxygen atoms in total. The molecule has 0 fully saturated rings. The molecule has 26 heavy (non-hydrogen) atoms. The number of nitrogens with zero attached hydrogens (tertiary/aromatic N) is 2. The second-order valence-corrected chi connectivity index (χ2v) is 6.49. The van der Waals surface area contributed by atoms with E-state index in [9.17, 15) is 14.4 Å². The molecule has 2 aromatic rings. The quantitative estimate of drug-likeness (QED) is 0.700. The van der Waals surface area contributed by atoms with Crippen molar-refractivity contribution < 1.29 is 14.3 Å². The van der Waals surface area contributed by atoms with Crippen LogP contribution in [0.5, 0.6) is 0 Å². The van der Waals surface area contributed by atoms with Crippen LogP contribution in [0.3, 0.4) is 0 Å². The Hall–Kier alpha value is -2.61. The van der Waals surface area contributed by atoms with Crippen LogP contribution >= 0.6 is 11.8 Å². The second kappa shape index (κ2) is 9.76. The van der Waals surface area contributed by atoms with E-state index in [-0.39, 0.29) is 6.54 Å². The Morgan fingerprint density at radius 2 is 1.96 bits per heavy atom. The topological polar surface area (TPSA) is 90.3 Å². The number of methoxy groups -OCH3 is 1. The molecule has 2 rings (SSSR count). The minimum atomic E-state index is -0.743. The van der Waals surface area contributed by atoms with Gasteiger partial charge in [0, 0.05) is 11.6 Å². The molecule has 0 bridgehead atoms. The number of carbonyl (C=O) groups is 2. The molecule has 1 N–H and O–H groups in total. The summed E-state index contributed by atoms with van der Waals surface area (Å²) in [4.78, 5) is 36.1.